The maximum atomic E-state index is 10.8. The van der Waals surface area contributed by atoms with Gasteiger partial charge in [-0.15, -0.1) is 0 Å². The Balaban J connectivity index is 1.81. The Labute approximate surface area is 111 Å². The molecule has 0 amide bonds. The van der Waals surface area contributed by atoms with Crippen molar-refractivity contribution in [3.05, 3.63) is 41.8 Å². The predicted octanol–water partition coefficient (Wildman–Crippen LogP) is 3.31. The topological polar surface area (TPSA) is 33.5 Å². The van der Waals surface area contributed by atoms with Gasteiger partial charge in [0.2, 0.25) is 0 Å². The average Bonchev–Trinajstić information content (AvgIpc) is 2.91. The summed E-state index contributed by atoms with van der Waals surface area (Å²) in [7, 11) is 0. The van der Waals surface area contributed by atoms with Crippen LogP contribution in [0.25, 0.3) is 16.5 Å². The summed E-state index contributed by atoms with van der Waals surface area (Å²) in [6.07, 6.45) is 5.57. The summed E-state index contributed by atoms with van der Waals surface area (Å²) in [6.45, 7) is 2.34. The Morgan fingerprint density at radius 2 is 2.05 bits per heavy atom. The molecule has 3 aliphatic heterocycles. The van der Waals surface area contributed by atoms with Gasteiger partial charge in [-0.3, -0.25) is 4.79 Å². The lowest BCUT2D eigenvalue weighted by atomic mass is 9.84. The summed E-state index contributed by atoms with van der Waals surface area (Å²) in [5.74, 6) is 1.60. The second-order valence-corrected chi connectivity index (χ2v) is 5.42. The molecular formula is C16H15NO2. The van der Waals surface area contributed by atoms with E-state index < -0.39 is 0 Å². The molecule has 0 spiro atoms. The van der Waals surface area contributed by atoms with Gasteiger partial charge in [-0.25, -0.2) is 0 Å². The third-order valence-corrected chi connectivity index (χ3v) is 4.25. The molecular weight excluding hydrogens is 238 g/mol. The first-order valence-electron chi connectivity index (χ1n) is 6.78. The van der Waals surface area contributed by atoms with Crippen LogP contribution in [0.4, 0.5) is 0 Å². The maximum Gasteiger partial charge on any atom is 0.150 e. The number of benzene rings is 1. The van der Waals surface area contributed by atoms with Crippen molar-refractivity contribution in [2.45, 2.75) is 12.8 Å². The number of carbonyl (C=O) groups excluding carboxylic acids is 1. The molecule has 1 aromatic heterocycles. The zero-order chi connectivity index (χ0) is 12.8. The van der Waals surface area contributed by atoms with Gasteiger partial charge >= 0.3 is 0 Å². The van der Waals surface area contributed by atoms with Crippen molar-refractivity contribution >= 4 is 22.8 Å². The molecule has 96 valence electrons. The zero-order valence-electron chi connectivity index (χ0n) is 10.6. The molecule has 3 heteroatoms. The third-order valence-electron chi connectivity index (χ3n) is 4.25. The van der Waals surface area contributed by atoms with E-state index in [0.717, 1.165) is 23.0 Å². The van der Waals surface area contributed by atoms with Crippen molar-refractivity contribution in [3.8, 4) is 0 Å². The lowest BCUT2D eigenvalue weighted by Crippen LogP contribution is -2.35. The molecule has 2 aromatic rings. The minimum Gasteiger partial charge on any atom is -0.456 e. The molecule has 5 rings (SSSR count). The summed E-state index contributed by atoms with van der Waals surface area (Å²) >= 11 is 0. The first kappa shape index (κ1) is 10.9. The molecule has 0 saturated carbocycles. The van der Waals surface area contributed by atoms with Crippen molar-refractivity contribution in [2.24, 2.45) is 5.92 Å². The number of piperidine rings is 1. The van der Waals surface area contributed by atoms with Crippen molar-refractivity contribution in [1.82, 2.24) is 4.90 Å². The van der Waals surface area contributed by atoms with E-state index in [0.29, 0.717) is 11.5 Å². The summed E-state index contributed by atoms with van der Waals surface area (Å²) in [5, 5.41) is 1.01. The van der Waals surface area contributed by atoms with Gasteiger partial charge in [0, 0.05) is 35.8 Å². The summed E-state index contributed by atoms with van der Waals surface area (Å²) < 4.78 is 5.95. The molecule has 0 radical (unpaired) electrons. The van der Waals surface area contributed by atoms with Gasteiger partial charge in [-0.1, -0.05) is 0 Å². The normalized spacial score (nSPS) is 18.9. The van der Waals surface area contributed by atoms with Gasteiger partial charge in [-0.2, -0.15) is 0 Å². The van der Waals surface area contributed by atoms with Crippen LogP contribution in [0, 0.1) is 5.92 Å². The fourth-order valence-electron chi connectivity index (χ4n) is 3.18. The van der Waals surface area contributed by atoms with Crippen molar-refractivity contribution in [3.63, 3.8) is 0 Å². The smallest absolute Gasteiger partial charge is 0.150 e. The van der Waals surface area contributed by atoms with Crippen LogP contribution in [0.1, 0.15) is 29.0 Å². The number of carbonyl (C=O) groups is 1. The van der Waals surface area contributed by atoms with Crippen LogP contribution in [-0.4, -0.2) is 24.3 Å². The Hall–Kier alpha value is -2.03. The summed E-state index contributed by atoms with van der Waals surface area (Å²) in [4.78, 5) is 13.2. The maximum absolute atomic E-state index is 10.8. The minimum atomic E-state index is 0.635. The van der Waals surface area contributed by atoms with Crippen LogP contribution in [0.3, 0.4) is 0 Å². The molecule has 0 atom stereocenters. The average molecular weight is 253 g/mol. The quantitative estimate of drug-likeness (QED) is 0.770. The summed E-state index contributed by atoms with van der Waals surface area (Å²) in [6, 6.07) is 7.63. The van der Waals surface area contributed by atoms with Crippen LogP contribution in [0.2, 0.25) is 0 Å². The van der Waals surface area contributed by atoms with Gasteiger partial charge in [-0.05, 0) is 43.0 Å². The molecule has 1 saturated heterocycles. The second-order valence-electron chi connectivity index (χ2n) is 5.42. The molecule has 1 aromatic carbocycles. The first-order chi connectivity index (χ1) is 9.33. The van der Waals surface area contributed by atoms with E-state index in [9.17, 15) is 4.79 Å². The van der Waals surface area contributed by atoms with Crippen molar-refractivity contribution in [2.75, 3.05) is 13.1 Å². The highest BCUT2D eigenvalue weighted by Crippen LogP contribution is 2.39. The fraction of sp³-hybridized carbons (Fsp3) is 0.312. The van der Waals surface area contributed by atoms with Gasteiger partial charge in [0.05, 0.1) is 0 Å². The fourth-order valence-corrected chi connectivity index (χ4v) is 3.18. The number of hydrogen-bond donors (Lipinski definition) is 0. The lowest BCUT2D eigenvalue weighted by molar-refractivity contribution is 0.112. The molecule has 4 heterocycles. The van der Waals surface area contributed by atoms with E-state index in [4.69, 9.17) is 4.42 Å². The van der Waals surface area contributed by atoms with E-state index >= 15 is 0 Å². The minimum absolute atomic E-state index is 0.635. The molecule has 2 bridgehead atoms. The Morgan fingerprint density at radius 3 is 2.74 bits per heavy atom. The van der Waals surface area contributed by atoms with Crippen LogP contribution >= 0.6 is 0 Å². The predicted molar refractivity (Wildman–Crippen MR) is 73.9 cm³/mol. The van der Waals surface area contributed by atoms with Gasteiger partial charge in [0.15, 0.2) is 0 Å². The van der Waals surface area contributed by atoms with Crippen LogP contribution in [-0.2, 0) is 0 Å². The van der Waals surface area contributed by atoms with Crippen LogP contribution in [0.5, 0.6) is 0 Å². The number of hydrogen-bond acceptors (Lipinski definition) is 3. The van der Waals surface area contributed by atoms with Crippen molar-refractivity contribution in [1.29, 1.82) is 0 Å². The SMILES string of the molecule is O=Cc1ccc2oc(C3=CN4CCC3CC4)cc2c1. The van der Waals surface area contributed by atoms with Gasteiger partial charge in [0.1, 0.15) is 17.6 Å². The number of allylic oxidation sites excluding steroid dienone is 1. The van der Waals surface area contributed by atoms with Crippen LogP contribution in [0.15, 0.2) is 34.9 Å². The van der Waals surface area contributed by atoms with Gasteiger partial charge < -0.3 is 9.32 Å². The highest BCUT2D eigenvalue weighted by molar-refractivity contribution is 5.88. The largest absolute Gasteiger partial charge is 0.456 e. The van der Waals surface area contributed by atoms with E-state index in [1.807, 2.05) is 12.1 Å². The second kappa shape index (κ2) is 3.98. The Kier molecular flexibility index (Phi) is 2.28. The number of nitrogens with zero attached hydrogens (tertiary/aromatic N) is 1. The molecule has 1 fully saturated rings. The van der Waals surface area contributed by atoms with Crippen LogP contribution < -0.4 is 0 Å². The monoisotopic (exact) mass is 253 g/mol. The van der Waals surface area contributed by atoms with Crippen molar-refractivity contribution < 1.29 is 9.21 Å². The molecule has 3 aliphatic rings. The van der Waals surface area contributed by atoms with E-state index in [1.54, 1.807) is 6.07 Å². The Bertz CT molecular complexity index is 675. The highest BCUT2D eigenvalue weighted by atomic mass is 16.3. The molecule has 0 unspecified atom stereocenters. The standard InChI is InChI=1S/C16H15NO2/c18-10-11-1-2-15-13(7-11)8-16(19-15)14-9-17-5-3-12(14)4-6-17/h1-2,7-10,12H,3-6H2. The highest BCUT2D eigenvalue weighted by Gasteiger charge is 2.29. The molecule has 0 N–H and O–H groups in total. The zero-order valence-corrected chi connectivity index (χ0v) is 10.6. The van der Waals surface area contributed by atoms with Gasteiger partial charge in [0.25, 0.3) is 0 Å². The summed E-state index contributed by atoms with van der Waals surface area (Å²) in [5.41, 5.74) is 2.88. The first-order valence-corrected chi connectivity index (χ1v) is 6.78. The molecule has 3 nitrogen and oxygen atoms in total. The lowest BCUT2D eigenvalue weighted by Gasteiger charge is -2.38. The third kappa shape index (κ3) is 1.69. The number of aldehydes is 1. The molecule has 0 aliphatic carbocycles. The van der Waals surface area contributed by atoms with E-state index in [2.05, 4.69) is 17.2 Å². The Morgan fingerprint density at radius 1 is 1.21 bits per heavy atom. The number of fused-ring (bicyclic) bond motifs is 3. The van der Waals surface area contributed by atoms with E-state index in [1.165, 1.54) is 31.5 Å². The molecule has 19 heavy (non-hydrogen) atoms. The number of rotatable bonds is 2. The van der Waals surface area contributed by atoms with E-state index in [-0.39, 0.29) is 0 Å². The number of furan rings is 1.